The zero-order chi connectivity index (χ0) is 13.5. The number of hydrogen-bond donors (Lipinski definition) is 1. The molecule has 0 spiro atoms. The third kappa shape index (κ3) is 4.59. The maximum Gasteiger partial charge on any atom is 0.0416 e. The van der Waals surface area contributed by atoms with Crippen LogP contribution in [0.25, 0.3) is 0 Å². The standard InChI is InChI=1S/C16H27N3/c1-17-16(14-7-3-4-8-14)13-19(2)12-10-15-9-5-6-11-18-15/h5-6,9,11,14,16-17H,3-4,7-8,10,12-13H2,1-2H3. The highest BCUT2D eigenvalue weighted by Crippen LogP contribution is 2.27. The molecule has 0 bridgehead atoms. The monoisotopic (exact) mass is 261 g/mol. The summed E-state index contributed by atoms with van der Waals surface area (Å²) in [5, 5.41) is 3.52. The van der Waals surface area contributed by atoms with Crippen molar-refractivity contribution in [2.75, 3.05) is 27.2 Å². The summed E-state index contributed by atoms with van der Waals surface area (Å²) in [5.74, 6) is 0.877. The lowest BCUT2D eigenvalue weighted by molar-refractivity contribution is 0.250. The number of likely N-dealkylation sites (N-methyl/N-ethyl adjacent to an activating group) is 2. The predicted octanol–water partition coefficient (Wildman–Crippen LogP) is 2.33. The predicted molar refractivity (Wildman–Crippen MR) is 80.2 cm³/mol. The van der Waals surface area contributed by atoms with Gasteiger partial charge in [0.1, 0.15) is 0 Å². The molecule has 1 saturated carbocycles. The first-order valence-electron chi connectivity index (χ1n) is 7.55. The zero-order valence-electron chi connectivity index (χ0n) is 12.3. The van der Waals surface area contributed by atoms with E-state index < -0.39 is 0 Å². The molecule has 0 radical (unpaired) electrons. The van der Waals surface area contributed by atoms with Gasteiger partial charge in [-0.1, -0.05) is 18.9 Å². The number of pyridine rings is 1. The first kappa shape index (κ1) is 14.5. The van der Waals surface area contributed by atoms with Gasteiger partial charge >= 0.3 is 0 Å². The highest BCUT2D eigenvalue weighted by molar-refractivity contribution is 5.03. The van der Waals surface area contributed by atoms with Gasteiger partial charge in [-0.25, -0.2) is 0 Å². The Morgan fingerprint density at radius 2 is 2.16 bits per heavy atom. The Hall–Kier alpha value is -0.930. The fraction of sp³-hybridized carbons (Fsp3) is 0.688. The molecule has 1 aromatic rings. The van der Waals surface area contributed by atoms with E-state index in [-0.39, 0.29) is 0 Å². The molecule has 0 aromatic carbocycles. The van der Waals surface area contributed by atoms with E-state index >= 15 is 0 Å². The van der Waals surface area contributed by atoms with E-state index in [0.717, 1.165) is 25.4 Å². The number of nitrogens with one attached hydrogen (secondary N) is 1. The lowest BCUT2D eigenvalue weighted by atomic mass is 9.98. The SMILES string of the molecule is CNC(CN(C)CCc1ccccn1)C1CCCC1. The van der Waals surface area contributed by atoms with E-state index in [1.165, 1.54) is 31.4 Å². The van der Waals surface area contributed by atoms with Gasteiger partial charge in [0, 0.05) is 37.4 Å². The van der Waals surface area contributed by atoms with Crippen LogP contribution in [0.1, 0.15) is 31.4 Å². The highest BCUT2D eigenvalue weighted by atomic mass is 15.1. The molecule has 0 saturated heterocycles. The van der Waals surface area contributed by atoms with Crippen LogP contribution >= 0.6 is 0 Å². The Morgan fingerprint density at radius 3 is 2.79 bits per heavy atom. The molecule has 3 heteroatoms. The van der Waals surface area contributed by atoms with Crippen molar-refractivity contribution in [1.29, 1.82) is 0 Å². The fourth-order valence-electron chi connectivity index (χ4n) is 3.11. The van der Waals surface area contributed by atoms with Crippen LogP contribution in [0.3, 0.4) is 0 Å². The Kier molecular flexibility index (Phi) is 5.80. The Bertz CT molecular complexity index is 346. The Balaban J connectivity index is 1.74. The largest absolute Gasteiger partial charge is 0.315 e. The molecule has 1 unspecified atom stereocenters. The summed E-state index contributed by atoms with van der Waals surface area (Å²) < 4.78 is 0. The number of nitrogens with zero attached hydrogens (tertiary/aromatic N) is 2. The number of rotatable bonds is 7. The Labute approximate surface area is 117 Å². The quantitative estimate of drug-likeness (QED) is 0.816. The van der Waals surface area contributed by atoms with Crippen LogP contribution in [0, 0.1) is 5.92 Å². The van der Waals surface area contributed by atoms with E-state index in [2.05, 4.69) is 41.4 Å². The molecular formula is C16H27N3. The molecule has 2 rings (SSSR count). The van der Waals surface area contributed by atoms with Crippen LogP contribution in [0.5, 0.6) is 0 Å². The van der Waals surface area contributed by atoms with Crippen molar-refractivity contribution in [3.05, 3.63) is 30.1 Å². The van der Waals surface area contributed by atoms with Crippen LogP contribution < -0.4 is 5.32 Å². The zero-order valence-corrected chi connectivity index (χ0v) is 12.3. The molecule has 19 heavy (non-hydrogen) atoms. The van der Waals surface area contributed by atoms with E-state index in [1.807, 2.05) is 12.3 Å². The average molecular weight is 261 g/mol. The van der Waals surface area contributed by atoms with Gasteiger partial charge in [-0.2, -0.15) is 0 Å². The molecule has 1 fully saturated rings. The molecule has 0 amide bonds. The molecule has 1 aliphatic rings. The molecule has 1 atom stereocenters. The number of aromatic nitrogens is 1. The Morgan fingerprint density at radius 1 is 1.37 bits per heavy atom. The highest BCUT2D eigenvalue weighted by Gasteiger charge is 2.24. The second-order valence-electron chi connectivity index (χ2n) is 5.77. The van der Waals surface area contributed by atoms with Crippen molar-refractivity contribution in [2.45, 2.75) is 38.1 Å². The van der Waals surface area contributed by atoms with E-state index in [0.29, 0.717) is 6.04 Å². The number of hydrogen-bond acceptors (Lipinski definition) is 3. The molecule has 1 aromatic heterocycles. The van der Waals surface area contributed by atoms with Gasteiger partial charge in [-0.15, -0.1) is 0 Å². The van der Waals surface area contributed by atoms with Gasteiger partial charge in [0.25, 0.3) is 0 Å². The van der Waals surface area contributed by atoms with E-state index in [1.54, 1.807) is 0 Å². The van der Waals surface area contributed by atoms with E-state index in [4.69, 9.17) is 0 Å². The summed E-state index contributed by atoms with van der Waals surface area (Å²) in [5.41, 5.74) is 1.19. The van der Waals surface area contributed by atoms with Crippen LogP contribution in [0.2, 0.25) is 0 Å². The van der Waals surface area contributed by atoms with Crippen LogP contribution in [-0.4, -0.2) is 43.1 Å². The summed E-state index contributed by atoms with van der Waals surface area (Å²) in [6.07, 6.45) is 8.56. The van der Waals surface area contributed by atoms with Crippen LogP contribution in [0.15, 0.2) is 24.4 Å². The van der Waals surface area contributed by atoms with Crippen LogP contribution in [-0.2, 0) is 6.42 Å². The first-order chi connectivity index (χ1) is 9.29. The van der Waals surface area contributed by atoms with Crippen molar-refractivity contribution >= 4 is 0 Å². The van der Waals surface area contributed by atoms with Crippen molar-refractivity contribution in [2.24, 2.45) is 5.92 Å². The minimum absolute atomic E-state index is 0.649. The van der Waals surface area contributed by atoms with Gasteiger partial charge in [0.05, 0.1) is 0 Å². The molecule has 106 valence electrons. The molecule has 1 heterocycles. The summed E-state index contributed by atoms with van der Waals surface area (Å²) in [7, 11) is 4.33. The van der Waals surface area contributed by atoms with Crippen molar-refractivity contribution < 1.29 is 0 Å². The lowest BCUT2D eigenvalue weighted by Crippen LogP contribution is -2.42. The molecule has 3 nitrogen and oxygen atoms in total. The molecular weight excluding hydrogens is 234 g/mol. The van der Waals surface area contributed by atoms with Gasteiger partial charge in [-0.05, 0) is 45.0 Å². The normalized spacial score (nSPS) is 18.1. The average Bonchev–Trinajstić information content (AvgIpc) is 2.97. The minimum atomic E-state index is 0.649. The van der Waals surface area contributed by atoms with Gasteiger partial charge in [0.2, 0.25) is 0 Å². The molecule has 1 aliphatic carbocycles. The van der Waals surface area contributed by atoms with Crippen LogP contribution in [0.4, 0.5) is 0 Å². The third-order valence-corrected chi connectivity index (χ3v) is 4.32. The van der Waals surface area contributed by atoms with Crippen molar-refractivity contribution in [3.8, 4) is 0 Å². The molecule has 1 N–H and O–H groups in total. The van der Waals surface area contributed by atoms with Crippen molar-refractivity contribution in [1.82, 2.24) is 15.2 Å². The summed E-state index contributed by atoms with van der Waals surface area (Å²) >= 11 is 0. The summed E-state index contributed by atoms with van der Waals surface area (Å²) in [6.45, 7) is 2.23. The lowest BCUT2D eigenvalue weighted by Gasteiger charge is -2.28. The van der Waals surface area contributed by atoms with E-state index in [9.17, 15) is 0 Å². The van der Waals surface area contributed by atoms with Crippen molar-refractivity contribution in [3.63, 3.8) is 0 Å². The second-order valence-corrected chi connectivity index (χ2v) is 5.77. The second kappa shape index (κ2) is 7.61. The fourth-order valence-corrected chi connectivity index (χ4v) is 3.11. The topological polar surface area (TPSA) is 28.2 Å². The van der Waals surface area contributed by atoms with Gasteiger partial charge in [-0.3, -0.25) is 4.98 Å². The first-order valence-corrected chi connectivity index (χ1v) is 7.55. The van der Waals surface area contributed by atoms with Gasteiger partial charge in [0.15, 0.2) is 0 Å². The summed E-state index contributed by atoms with van der Waals surface area (Å²) in [6, 6.07) is 6.80. The summed E-state index contributed by atoms with van der Waals surface area (Å²) in [4.78, 5) is 6.82. The minimum Gasteiger partial charge on any atom is -0.315 e. The smallest absolute Gasteiger partial charge is 0.0416 e. The maximum atomic E-state index is 4.39. The maximum absolute atomic E-state index is 4.39. The third-order valence-electron chi connectivity index (χ3n) is 4.32. The van der Waals surface area contributed by atoms with Gasteiger partial charge < -0.3 is 10.2 Å². The molecule has 0 aliphatic heterocycles.